The van der Waals surface area contributed by atoms with Gasteiger partial charge in [0.2, 0.25) is 0 Å². The molecule has 324 valence electrons. The van der Waals surface area contributed by atoms with Crippen molar-refractivity contribution < 1.29 is 28.6 Å². The lowest BCUT2D eigenvalue weighted by molar-refractivity contribution is -0.167. The Morgan fingerprint density at radius 1 is 0.362 bits per heavy atom. The summed E-state index contributed by atoms with van der Waals surface area (Å²) in [7, 11) is 0. The zero-order valence-electron chi connectivity index (χ0n) is 36.8. The molecular weight excluding hydrogens is 721 g/mol. The number of rotatable bonds is 38. The monoisotopic (exact) mass is 801 g/mol. The summed E-state index contributed by atoms with van der Waals surface area (Å²) in [5.74, 6) is -1.04. The molecule has 0 amide bonds. The number of unbranched alkanes of at least 4 members (excludes halogenated alkanes) is 10. The molecule has 0 fully saturated rings. The molecule has 0 aromatic carbocycles. The van der Waals surface area contributed by atoms with Crippen LogP contribution < -0.4 is 0 Å². The van der Waals surface area contributed by atoms with Crippen LogP contribution in [0.2, 0.25) is 0 Å². The van der Waals surface area contributed by atoms with E-state index in [9.17, 15) is 14.4 Å². The maximum atomic E-state index is 12.7. The van der Waals surface area contributed by atoms with Crippen molar-refractivity contribution in [1.29, 1.82) is 0 Å². The normalized spacial score (nSPS) is 13.2. The van der Waals surface area contributed by atoms with Gasteiger partial charge >= 0.3 is 17.9 Å². The lowest BCUT2D eigenvalue weighted by atomic mass is 10.1. The molecule has 0 bridgehead atoms. The molecule has 0 spiro atoms. The standard InChI is InChI=1S/C52H80O6/c1-4-7-10-13-16-19-22-24-25-26-28-30-33-36-39-42-45-51(54)57-48-49(47-56-50(53)44-41-38-35-32-29-21-18-15-12-9-6-3)58-52(55)46-43-40-37-34-31-27-23-20-17-14-11-8-5-2/h7-12,14,16-21,23-25,27,31-32,35,49H,4-6,13,15,22,26,28-30,33-34,36-48H2,1-3H3/b10-7-,11-8-,12-9-,17-14-,19-16-,21-18-,23-20-,25-24-,31-27-,35-32-. The Morgan fingerprint density at radius 2 is 0.724 bits per heavy atom. The van der Waals surface area contributed by atoms with E-state index in [2.05, 4.69) is 106 Å². The fourth-order valence-corrected chi connectivity index (χ4v) is 5.49. The Hall–Kier alpha value is -4.19. The van der Waals surface area contributed by atoms with Crippen molar-refractivity contribution in [3.8, 4) is 0 Å². The molecule has 0 aliphatic carbocycles. The molecule has 0 rings (SSSR count). The van der Waals surface area contributed by atoms with Crippen LogP contribution in [0.15, 0.2) is 122 Å². The minimum absolute atomic E-state index is 0.121. The van der Waals surface area contributed by atoms with Crippen molar-refractivity contribution in [3.63, 3.8) is 0 Å². The van der Waals surface area contributed by atoms with Crippen molar-refractivity contribution >= 4 is 17.9 Å². The molecule has 6 nitrogen and oxygen atoms in total. The van der Waals surface area contributed by atoms with E-state index in [-0.39, 0.29) is 44.0 Å². The molecule has 1 unspecified atom stereocenters. The van der Waals surface area contributed by atoms with E-state index in [4.69, 9.17) is 14.2 Å². The third-order valence-corrected chi connectivity index (χ3v) is 8.79. The average molecular weight is 801 g/mol. The zero-order valence-corrected chi connectivity index (χ0v) is 36.8. The number of hydrogen-bond acceptors (Lipinski definition) is 6. The molecule has 0 radical (unpaired) electrons. The predicted octanol–water partition coefficient (Wildman–Crippen LogP) is 14.6. The SMILES string of the molecule is CC\C=C/C=C\C=C/C=C\CCCCCC(=O)OC(COC(=O)CCC/C=C\C/C=C\C/C=C\CC)COC(=O)CCCCCCCC/C=C\C/C=C\C/C=C\CC. The highest BCUT2D eigenvalue weighted by Crippen LogP contribution is 2.12. The number of ether oxygens (including phenoxy) is 3. The lowest BCUT2D eigenvalue weighted by Crippen LogP contribution is -2.30. The van der Waals surface area contributed by atoms with Gasteiger partial charge in [0.25, 0.3) is 0 Å². The van der Waals surface area contributed by atoms with Crippen molar-refractivity contribution in [2.75, 3.05) is 13.2 Å². The smallest absolute Gasteiger partial charge is 0.306 e. The van der Waals surface area contributed by atoms with E-state index in [0.29, 0.717) is 19.3 Å². The Morgan fingerprint density at radius 3 is 1.26 bits per heavy atom. The first-order valence-corrected chi connectivity index (χ1v) is 22.6. The van der Waals surface area contributed by atoms with Crippen molar-refractivity contribution in [2.24, 2.45) is 0 Å². The van der Waals surface area contributed by atoms with Gasteiger partial charge in [0, 0.05) is 19.3 Å². The number of esters is 3. The summed E-state index contributed by atoms with van der Waals surface area (Å²) in [4.78, 5) is 37.7. The van der Waals surface area contributed by atoms with Gasteiger partial charge in [-0.25, -0.2) is 0 Å². The average Bonchev–Trinajstić information content (AvgIpc) is 3.22. The van der Waals surface area contributed by atoms with Gasteiger partial charge < -0.3 is 14.2 Å². The van der Waals surface area contributed by atoms with Gasteiger partial charge in [0.1, 0.15) is 13.2 Å². The molecule has 0 aliphatic heterocycles. The highest BCUT2D eigenvalue weighted by Gasteiger charge is 2.19. The van der Waals surface area contributed by atoms with Crippen LogP contribution in [0.3, 0.4) is 0 Å². The van der Waals surface area contributed by atoms with Crippen LogP contribution in [-0.4, -0.2) is 37.2 Å². The molecule has 6 heteroatoms. The van der Waals surface area contributed by atoms with Gasteiger partial charge in [0.05, 0.1) is 0 Å². The number of carbonyl (C=O) groups is 3. The minimum atomic E-state index is -0.825. The second-order valence-corrected chi connectivity index (χ2v) is 14.3. The summed E-state index contributed by atoms with van der Waals surface area (Å²) in [6.45, 7) is 6.13. The first-order chi connectivity index (χ1) is 28.5. The first kappa shape index (κ1) is 53.8. The van der Waals surface area contributed by atoms with Crippen molar-refractivity contribution in [3.05, 3.63) is 122 Å². The maximum Gasteiger partial charge on any atom is 0.306 e. The Bertz CT molecular complexity index is 1290. The summed E-state index contributed by atoms with van der Waals surface area (Å²) in [6.07, 6.45) is 61.9. The highest BCUT2D eigenvalue weighted by atomic mass is 16.6. The first-order valence-electron chi connectivity index (χ1n) is 22.6. The minimum Gasteiger partial charge on any atom is -0.462 e. The van der Waals surface area contributed by atoms with Crippen LogP contribution in [0.5, 0.6) is 0 Å². The molecule has 0 N–H and O–H groups in total. The van der Waals surface area contributed by atoms with Crippen LogP contribution in [0, 0.1) is 0 Å². The van der Waals surface area contributed by atoms with Gasteiger partial charge in [-0.3, -0.25) is 14.4 Å². The maximum absolute atomic E-state index is 12.7. The Labute approximate surface area is 354 Å². The second kappa shape index (κ2) is 45.5. The van der Waals surface area contributed by atoms with E-state index >= 15 is 0 Å². The Balaban J connectivity index is 4.54. The molecule has 1 atom stereocenters. The lowest BCUT2D eigenvalue weighted by Gasteiger charge is -2.18. The van der Waals surface area contributed by atoms with Gasteiger partial charge in [0.15, 0.2) is 6.10 Å². The number of allylic oxidation sites excluding steroid dienone is 20. The fourth-order valence-electron chi connectivity index (χ4n) is 5.49. The number of hydrogen-bond donors (Lipinski definition) is 0. The number of carbonyl (C=O) groups excluding carboxylic acids is 3. The van der Waals surface area contributed by atoms with Crippen LogP contribution in [0.4, 0.5) is 0 Å². The molecule has 0 aliphatic rings. The third kappa shape index (κ3) is 42.9. The third-order valence-electron chi connectivity index (χ3n) is 8.79. The van der Waals surface area contributed by atoms with Crippen LogP contribution in [0.1, 0.15) is 168 Å². The highest BCUT2D eigenvalue weighted by molar-refractivity contribution is 5.71. The van der Waals surface area contributed by atoms with Gasteiger partial charge in [-0.1, -0.05) is 174 Å². The van der Waals surface area contributed by atoms with Crippen LogP contribution in [0.25, 0.3) is 0 Å². The molecule has 0 saturated carbocycles. The quantitative estimate of drug-likeness (QED) is 0.0203. The molecule has 0 saturated heterocycles. The van der Waals surface area contributed by atoms with E-state index in [1.54, 1.807) is 0 Å². The summed E-state index contributed by atoms with van der Waals surface area (Å²) in [5.41, 5.74) is 0. The van der Waals surface area contributed by atoms with E-state index in [0.717, 1.165) is 103 Å². The van der Waals surface area contributed by atoms with Crippen molar-refractivity contribution in [1.82, 2.24) is 0 Å². The topological polar surface area (TPSA) is 78.9 Å². The van der Waals surface area contributed by atoms with E-state index in [1.165, 1.54) is 12.8 Å². The molecule has 0 aromatic rings. The van der Waals surface area contributed by atoms with E-state index in [1.807, 2.05) is 36.5 Å². The summed E-state index contributed by atoms with van der Waals surface area (Å²) in [6, 6.07) is 0. The Kier molecular flexibility index (Phi) is 42.2. The van der Waals surface area contributed by atoms with Gasteiger partial charge in [-0.05, 0) is 96.3 Å². The van der Waals surface area contributed by atoms with E-state index < -0.39 is 6.10 Å². The molecule has 58 heavy (non-hydrogen) atoms. The summed E-state index contributed by atoms with van der Waals surface area (Å²) >= 11 is 0. The zero-order chi connectivity index (χ0) is 42.3. The summed E-state index contributed by atoms with van der Waals surface area (Å²) < 4.78 is 16.6. The molecule has 0 aromatic heterocycles. The van der Waals surface area contributed by atoms with Gasteiger partial charge in [-0.2, -0.15) is 0 Å². The second-order valence-electron chi connectivity index (χ2n) is 14.3. The van der Waals surface area contributed by atoms with Gasteiger partial charge in [-0.15, -0.1) is 0 Å². The predicted molar refractivity (Wildman–Crippen MR) is 246 cm³/mol. The van der Waals surface area contributed by atoms with Crippen LogP contribution >= 0.6 is 0 Å². The molecule has 0 heterocycles. The summed E-state index contributed by atoms with van der Waals surface area (Å²) in [5, 5.41) is 0. The fraction of sp³-hybridized carbons (Fsp3) is 0.558. The van der Waals surface area contributed by atoms with Crippen molar-refractivity contribution in [2.45, 2.75) is 175 Å². The largest absolute Gasteiger partial charge is 0.462 e. The van der Waals surface area contributed by atoms with Crippen LogP contribution in [-0.2, 0) is 28.6 Å². The molecular formula is C52H80O6.